The largest absolute Gasteiger partial charge is 0.352 e. The molecule has 0 fully saturated rings. The first kappa shape index (κ1) is 28.1. The Balaban J connectivity index is 2.39. The molecule has 0 heterocycles. The summed E-state index contributed by atoms with van der Waals surface area (Å²) in [4.78, 5) is 27.8. The second kappa shape index (κ2) is 12.0. The molecule has 186 valence electrons. The van der Waals surface area contributed by atoms with Crippen LogP contribution < -0.4 is 9.62 Å². The number of anilines is 1. The van der Waals surface area contributed by atoms with Crippen LogP contribution in [0, 0.1) is 6.92 Å². The Bertz CT molecular complexity index is 1130. The highest BCUT2D eigenvalue weighted by Gasteiger charge is 2.30. The topological polar surface area (TPSA) is 86.8 Å². The van der Waals surface area contributed by atoms with Gasteiger partial charge >= 0.3 is 0 Å². The fourth-order valence-electron chi connectivity index (χ4n) is 3.19. The first-order chi connectivity index (χ1) is 15.8. The van der Waals surface area contributed by atoms with Gasteiger partial charge in [-0.25, -0.2) is 8.42 Å². The molecule has 0 bridgehead atoms. The summed E-state index contributed by atoms with van der Waals surface area (Å²) in [5.41, 5.74) is 1.88. The van der Waals surface area contributed by atoms with E-state index in [0.717, 1.165) is 32.6 Å². The van der Waals surface area contributed by atoms with Crippen LogP contribution in [-0.2, 0) is 26.2 Å². The van der Waals surface area contributed by atoms with Crippen molar-refractivity contribution >= 4 is 55.1 Å². The molecule has 7 nitrogen and oxygen atoms in total. The number of nitrogens with one attached hydrogen (secondary N) is 1. The number of halogens is 2. The van der Waals surface area contributed by atoms with Crippen LogP contribution in [0.2, 0.25) is 5.02 Å². The maximum absolute atomic E-state index is 13.5. The maximum Gasteiger partial charge on any atom is 0.244 e. The van der Waals surface area contributed by atoms with Gasteiger partial charge in [0.15, 0.2) is 0 Å². The van der Waals surface area contributed by atoms with Crippen LogP contribution in [0.3, 0.4) is 0 Å². The number of nitrogens with zero attached hydrogens (tertiary/aromatic N) is 2. The zero-order valence-electron chi connectivity index (χ0n) is 20.0. The Morgan fingerprint density at radius 1 is 1.12 bits per heavy atom. The number of aryl methyl sites for hydroxylation is 1. The molecule has 0 unspecified atom stereocenters. The van der Waals surface area contributed by atoms with E-state index < -0.39 is 28.5 Å². The molecule has 1 N–H and O–H groups in total. The molecule has 0 aromatic heterocycles. The molecule has 34 heavy (non-hydrogen) atoms. The molecule has 2 aromatic rings. The van der Waals surface area contributed by atoms with Crippen LogP contribution >= 0.6 is 27.5 Å². The molecular formula is C24H31BrClN3O4S. The fraction of sp³-hybridized carbons (Fsp3) is 0.417. The Morgan fingerprint density at radius 2 is 1.74 bits per heavy atom. The quantitative estimate of drug-likeness (QED) is 0.454. The minimum Gasteiger partial charge on any atom is -0.352 e. The zero-order chi connectivity index (χ0) is 25.6. The number of amides is 2. The molecule has 0 aliphatic heterocycles. The first-order valence-corrected chi connectivity index (χ1v) is 13.9. The lowest BCUT2D eigenvalue weighted by atomic mass is 10.1. The van der Waals surface area contributed by atoms with E-state index >= 15 is 0 Å². The third-order valence-electron chi connectivity index (χ3n) is 5.56. The molecular weight excluding hydrogens is 542 g/mol. The van der Waals surface area contributed by atoms with Gasteiger partial charge in [0.2, 0.25) is 21.8 Å². The molecule has 2 atom stereocenters. The second-order valence-electron chi connectivity index (χ2n) is 8.35. The fourth-order valence-corrected chi connectivity index (χ4v) is 4.47. The van der Waals surface area contributed by atoms with Gasteiger partial charge in [-0.3, -0.25) is 13.9 Å². The van der Waals surface area contributed by atoms with E-state index in [2.05, 4.69) is 21.2 Å². The molecule has 0 aliphatic rings. The van der Waals surface area contributed by atoms with E-state index in [-0.39, 0.29) is 24.2 Å². The van der Waals surface area contributed by atoms with Crippen molar-refractivity contribution in [3.8, 4) is 0 Å². The van der Waals surface area contributed by atoms with Crippen molar-refractivity contribution in [2.75, 3.05) is 17.1 Å². The Hall–Kier alpha value is -2.10. The van der Waals surface area contributed by atoms with Crippen molar-refractivity contribution in [2.45, 2.75) is 52.7 Å². The monoisotopic (exact) mass is 571 g/mol. The number of rotatable bonds is 10. The smallest absolute Gasteiger partial charge is 0.244 e. The minimum absolute atomic E-state index is 0.0539. The molecule has 2 amide bonds. The van der Waals surface area contributed by atoms with E-state index in [4.69, 9.17) is 11.6 Å². The van der Waals surface area contributed by atoms with Crippen LogP contribution in [0.15, 0.2) is 46.9 Å². The van der Waals surface area contributed by atoms with E-state index in [1.165, 1.54) is 11.0 Å². The van der Waals surface area contributed by atoms with Crippen molar-refractivity contribution in [1.82, 2.24) is 10.2 Å². The van der Waals surface area contributed by atoms with E-state index in [1.54, 1.807) is 26.0 Å². The van der Waals surface area contributed by atoms with Crippen molar-refractivity contribution < 1.29 is 18.0 Å². The van der Waals surface area contributed by atoms with Crippen molar-refractivity contribution in [3.05, 3.63) is 63.1 Å². The predicted molar refractivity (Wildman–Crippen MR) is 140 cm³/mol. The standard InChI is InChI=1S/C24H31BrClN3O4S/c1-6-17(3)27-24(31)18(4)28(14-19-8-10-20(25)11-9-19)23(30)15-29(34(5,32)33)21-12-7-16(2)22(26)13-21/h7-13,17-18H,6,14-15H2,1-5H3,(H,27,31)/t17-,18-/m0/s1. The zero-order valence-corrected chi connectivity index (χ0v) is 23.2. The van der Waals surface area contributed by atoms with Crippen LogP contribution in [0.1, 0.15) is 38.3 Å². The molecule has 0 radical (unpaired) electrons. The molecule has 0 aliphatic carbocycles. The predicted octanol–water partition coefficient (Wildman–Crippen LogP) is 4.51. The van der Waals surface area contributed by atoms with Crippen LogP contribution in [-0.4, -0.2) is 50.0 Å². The van der Waals surface area contributed by atoms with Gasteiger partial charge in [0.25, 0.3) is 0 Å². The van der Waals surface area contributed by atoms with Crippen molar-refractivity contribution in [3.63, 3.8) is 0 Å². The minimum atomic E-state index is -3.80. The Kier molecular flexibility index (Phi) is 9.96. The Morgan fingerprint density at radius 3 is 2.26 bits per heavy atom. The first-order valence-electron chi connectivity index (χ1n) is 10.9. The lowest BCUT2D eigenvalue weighted by Crippen LogP contribution is -2.52. The third kappa shape index (κ3) is 7.71. The van der Waals surface area contributed by atoms with Crippen LogP contribution in [0.5, 0.6) is 0 Å². The summed E-state index contributed by atoms with van der Waals surface area (Å²) in [5.74, 6) is -0.805. The van der Waals surface area contributed by atoms with E-state index in [9.17, 15) is 18.0 Å². The average molecular weight is 573 g/mol. The Labute approximate surface area is 215 Å². The number of hydrogen-bond acceptors (Lipinski definition) is 4. The second-order valence-corrected chi connectivity index (χ2v) is 11.6. The SMILES string of the molecule is CC[C@H](C)NC(=O)[C@H](C)N(Cc1ccc(Br)cc1)C(=O)CN(c1ccc(C)c(Cl)c1)S(C)(=O)=O. The normalized spacial score (nSPS) is 13.1. The van der Waals surface area contributed by atoms with Crippen molar-refractivity contribution in [2.24, 2.45) is 0 Å². The summed E-state index contributed by atoms with van der Waals surface area (Å²) in [7, 11) is -3.80. The van der Waals surface area contributed by atoms with Gasteiger partial charge in [0.05, 0.1) is 11.9 Å². The summed E-state index contributed by atoms with van der Waals surface area (Å²) < 4.78 is 27.1. The summed E-state index contributed by atoms with van der Waals surface area (Å²) in [6.45, 7) is 6.97. The van der Waals surface area contributed by atoms with Crippen molar-refractivity contribution in [1.29, 1.82) is 0 Å². The highest BCUT2D eigenvalue weighted by molar-refractivity contribution is 9.10. The number of carbonyl (C=O) groups excluding carboxylic acids is 2. The molecule has 2 aromatic carbocycles. The summed E-state index contributed by atoms with van der Waals surface area (Å²) in [6, 6.07) is 11.3. The summed E-state index contributed by atoms with van der Waals surface area (Å²) in [5, 5.41) is 3.29. The van der Waals surface area contributed by atoms with Gasteiger partial charge in [-0.05, 0) is 62.6 Å². The number of sulfonamides is 1. The molecule has 2 rings (SSSR count). The summed E-state index contributed by atoms with van der Waals surface area (Å²) in [6.07, 6.45) is 1.78. The third-order valence-corrected chi connectivity index (χ3v) is 7.63. The maximum atomic E-state index is 13.5. The molecule has 0 spiro atoms. The van der Waals surface area contributed by atoms with Crippen LogP contribution in [0.4, 0.5) is 5.69 Å². The van der Waals surface area contributed by atoms with Gasteiger partial charge in [0.1, 0.15) is 12.6 Å². The molecule has 0 saturated heterocycles. The van der Waals surface area contributed by atoms with Gasteiger partial charge in [-0.1, -0.05) is 52.7 Å². The highest BCUT2D eigenvalue weighted by Crippen LogP contribution is 2.25. The number of carbonyl (C=O) groups is 2. The van der Waals surface area contributed by atoms with Gasteiger partial charge in [-0.15, -0.1) is 0 Å². The molecule has 0 saturated carbocycles. The van der Waals surface area contributed by atoms with E-state index in [1.807, 2.05) is 38.1 Å². The van der Waals surface area contributed by atoms with Gasteiger partial charge in [0, 0.05) is 22.1 Å². The van der Waals surface area contributed by atoms with Gasteiger partial charge in [-0.2, -0.15) is 0 Å². The lowest BCUT2D eigenvalue weighted by molar-refractivity contribution is -0.139. The number of benzene rings is 2. The highest BCUT2D eigenvalue weighted by atomic mass is 79.9. The average Bonchev–Trinajstić information content (AvgIpc) is 2.77. The van der Waals surface area contributed by atoms with Gasteiger partial charge < -0.3 is 10.2 Å². The van der Waals surface area contributed by atoms with E-state index in [0.29, 0.717) is 5.02 Å². The number of hydrogen-bond donors (Lipinski definition) is 1. The summed E-state index contributed by atoms with van der Waals surface area (Å²) >= 11 is 9.60. The molecule has 10 heteroatoms. The van der Waals surface area contributed by atoms with Crippen LogP contribution in [0.25, 0.3) is 0 Å². The lowest BCUT2D eigenvalue weighted by Gasteiger charge is -2.32.